The van der Waals surface area contributed by atoms with Gasteiger partial charge in [-0.25, -0.2) is 9.37 Å². The molecule has 0 N–H and O–H groups in total. The van der Waals surface area contributed by atoms with Crippen LogP contribution in [0, 0.1) is 15.9 Å². The van der Waals surface area contributed by atoms with E-state index in [0.717, 1.165) is 5.56 Å². The van der Waals surface area contributed by atoms with Crippen LogP contribution in [0.1, 0.15) is 5.76 Å². The molecule has 2 aromatic heterocycles. The Morgan fingerprint density at radius 1 is 0.969 bits per heavy atom. The highest BCUT2D eigenvalue weighted by Crippen LogP contribution is 2.29. The first-order valence-electron chi connectivity index (χ1n) is 9.61. The lowest BCUT2D eigenvalue weighted by molar-refractivity contribution is -0.384. The lowest BCUT2D eigenvalue weighted by atomic mass is 10.1. The number of nitro groups is 1. The largest absolute Gasteiger partial charge is 0.455 e. The fraction of sp³-hybridized carbons (Fsp3) is 0. The molecule has 7 nitrogen and oxygen atoms in total. The SMILES string of the molecule is O=[N+]([O-])c1ccc(-c2ccc(C=Nc3ccc4oc(-c5ccccc5F)nc4c3)o2)cc1. The molecular weight excluding hydrogens is 413 g/mol. The summed E-state index contributed by atoms with van der Waals surface area (Å²) in [6.45, 7) is 0. The number of nitro benzene ring substituents is 1. The van der Waals surface area contributed by atoms with Gasteiger partial charge in [-0.1, -0.05) is 12.1 Å². The van der Waals surface area contributed by atoms with Crippen molar-refractivity contribution in [2.75, 3.05) is 0 Å². The molecule has 0 radical (unpaired) electrons. The normalized spacial score (nSPS) is 11.4. The van der Waals surface area contributed by atoms with Gasteiger partial charge in [-0.05, 0) is 54.6 Å². The number of hydrogen-bond acceptors (Lipinski definition) is 6. The first-order chi connectivity index (χ1) is 15.6. The van der Waals surface area contributed by atoms with E-state index in [4.69, 9.17) is 8.83 Å². The Kier molecular flexibility index (Phi) is 4.79. The molecule has 0 atom stereocenters. The first-order valence-corrected chi connectivity index (χ1v) is 9.61. The number of furan rings is 1. The molecule has 5 aromatic rings. The maximum atomic E-state index is 14.0. The zero-order valence-electron chi connectivity index (χ0n) is 16.4. The highest BCUT2D eigenvalue weighted by Gasteiger charge is 2.12. The molecule has 3 aromatic carbocycles. The van der Waals surface area contributed by atoms with Crippen LogP contribution in [-0.2, 0) is 0 Å². The van der Waals surface area contributed by atoms with E-state index in [9.17, 15) is 14.5 Å². The summed E-state index contributed by atoms with van der Waals surface area (Å²) < 4.78 is 25.4. The average Bonchev–Trinajstić information content (AvgIpc) is 3.45. The van der Waals surface area contributed by atoms with E-state index in [2.05, 4.69) is 9.98 Å². The Morgan fingerprint density at radius 2 is 1.78 bits per heavy atom. The van der Waals surface area contributed by atoms with E-state index < -0.39 is 10.7 Å². The van der Waals surface area contributed by atoms with Crippen LogP contribution in [0.3, 0.4) is 0 Å². The van der Waals surface area contributed by atoms with Gasteiger partial charge in [0.05, 0.1) is 22.4 Å². The predicted molar refractivity (Wildman–Crippen MR) is 117 cm³/mol. The molecule has 0 aliphatic heterocycles. The van der Waals surface area contributed by atoms with Crippen LogP contribution in [-0.4, -0.2) is 16.1 Å². The molecule has 8 heteroatoms. The standard InChI is InChI=1S/C24H14FN3O4/c25-20-4-2-1-3-19(20)24-27-21-13-16(7-11-23(21)32-24)26-14-18-10-12-22(31-18)15-5-8-17(9-6-15)28(29)30/h1-14H. The van der Waals surface area contributed by atoms with Gasteiger partial charge in [0.2, 0.25) is 5.89 Å². The van der Waals surface area contributed by atoms with E-state index in [1.807, 2.05) is 0 Å². The Hall–Kier alpha value is -4.59. The van der Waals surface area contributed by atoms with Gasteiger partial charge in [0.15, 0.2) is 5.58 Å². The van der Waals surface area contributed by atoms with Gasteiger partial charge in [0.25, 0.3) is 5.69 Å². The van der Waals surface area contributed by atoms with Crippen LogP contribution < -0.4 is 0 Å². The van der Waals surface area contributed by atoms with Gasteiger partial charge in [0.1, 0.15) is 22.9 Å². The van der Waals surface area contributed by atoms with Crippen LogP contribution in [0.5, 0.6) is 0 Å². The zero-order chi connectivity index (χ0) is 22.1. The van der Waals surface area contributed by atoms with Crippen molar-refractivity contribution >= 4 is 28.7 Å². The fourth-order valence-electron chi connectivity index (χ4n) is 3.21. The summed E-state index contributed by atoms with van der Waals surface area (Å²) in [5.41, 5.74) is 2.75. The smallest absolute Gasteiger partial charge is 0.269 e. The van der Waals surface area contributed by atoms with Gasteiger partial charge in [-0.15, -0.1) is 0 Å². The van der Waals surface area contributed by atoms with Crippen molar-refractivity contribution in [3.63, 3.8) is 0 Å². The summed E-state index contributed by atoms with van der Waals surface area (Å²) in [7, 11) is 0. The molecule has 0 fully saturated rings. The number of oxazole rings is 1. The second kappa shape index (κ2) is 7.92. The minimum Gasteiger partial charge on any atom is -0.455 e. The number of benzene rings is 3. The number of rotatable bonds is 5. The Balaban J connectivity index is 1.37. The van der Waals surface area contributed by atoms with Crippen molar-refractivity contribution in [1.82, 2.24) is 4.98 Å². The minimum absolute atomic E-state index is 0.0171. The van der Waals surface area contributed by atoms with Gasteiger partial charge in [-0.3, -0.25) is 15.1 Å². The number of aromatic nitrogens is 1. The Bertz CT molecular complexity index is 1470. The lowest BCUT2D eigenvalue weighted by Crippen LogP contribution is -1.86. The minimum atomic E-state index is -0.449. The van der Waals surface area contributed by atoms with Crippen LogP contribution in [0.25, 0.3) is 33.9 Å². The Labute approximate surface area is 180 Å². The molecule has 0 saturated carbocycles. The number of nitrogens with zero attached hydrogens (tertiary/aromatic N) is 3. The molecule has 0 saturated heterocycles. The second-order valence-electron chi connectivity index (χ2n) is 6.92. The molecule has 0 aliphatic rings. The van der Waals surface area contributed by atoms with Crippen molar-refractivity contribution < 1.29 is 18.1 Å². The molecule has 0 spiro atoms. The third-order valence-electron chi connectivity index (χ3n) is 4.81. The molecule has 0 unspecified atom stereocenters. The summed E-state index contributed by atoms with van der Waals surface area (Å²) >= 11 is 0. The van der Waals surface area contributed by atoms with E-state index in [0.29, 0.717) is 33.9 Å². The third kappa shape index (κ3) is 3.77. The molecule has 0 aliphatic carbocycles. The van der Waals surface area contributed by atoms with Crippen LogP contribution in [0.15, 0.2) is 92.7 Å². The number of non-ortho nitro benzene ring substituents is 1. The van der Waals surface area contributed by atoms with Crippen LogP contribution in [0.4, 0.5) is 15.8 Å². The van der Waals surface area contributed by atoms with E-state index in [1.165, 1.54) is 18.2 Å². The zero-order valence-corrected chi connectivity index (χ0v) is 16.4. The third-order valence-corrected chi connectivity index (χ3v) is 4.81. The molecule has 156 valence electrons. The molecular formula is C24H14FN3O4. The van der Waals surface area contributed by atoms with Gasteiger partial charge < -0.3 is 8.83 Å². The van der Waals surface area contributed by atoms with E-state index in [-0.39, 0.29) is 11.6 Å². The van der Waals surface area contributed by atoms with E-state index >= 15 is 0 Å². The molecule has 0 amide bonds. The van der Waals surface area contributed by atoms with Crippen molar-refractivity contribution in [2.24, 2.45) is 4.99 Å². The summed E-state index contributed by atoms with van der Waals surface area (Å²) in [5.74, 6) is 0.894. The topological polar surface area (TPSA) is 94.7 Å². The van der Waals surface area contributed by atoms with Crippen molar-refractivity contribution in [1.29, 1.82) is 0 Å². The maximum Gasteiger partial charge on any atom is 0.269 e. The highest BCUT2D eigenvalue weighted by molar-refractivity contribution is 5.83. The molecule has 32 heavy (non-hydrogen) atoms. The number of aliphatic imine (C=N–C) groups is 1. The average molecular weight is 427 g/mol. The van der Waals surface area contributed by atoms with Crippen LogP contribution in [0.2, 0.25) is 0 Å². The van der Waals surface area contributed by atoms with Gasteiger partial charge in [-0.2, -0.15) is 0 Å². The van der Waals surface area contributed by atoms with Crippen LogP contribution >= 0.6 is 0 Å². The van der Waals surface area contributed by atoms with E-state index in [1.54, 1.807) is 66.9 Å². The van der Waals surface area contributed by atoms with Crippen molar-refractivity contribution in [3.05, 3.63) is 101 Å². The summed E-state index contributed by atoms with van der Waals surface area (Å²) in [4.78, 5) is 19.1. The number of fused-ring (bicyclic) bond motifs is 1. The summed E-state index contributed by atoms with van der Waals surface area (Å²) in [6.07, 6.45) is 1.56. The van der Waals surface area contributed by atoms with Gasteiger partial charge in [0, 0.05) is 17.7 Å². The lowest BCUT2D eigenvalue weighted by Gasteiger charge is -1.96. The summed E-state index contributed by atoms with van der Waals surface area (Å²) in [5, 5.41) is 10.8. The first kappa shape index (κ1) is 19.4. The van der Waals surface area contributed by atoms with Gasteiger partial charge >= 0.3 is 0 Å². The molecule has 2 heterocycles. The summed E-state index contributed by atoms with van der Waals surface area (Å²) in [6, 6.07) is 21.1. The van der Waals surface area contributed by atoms with Crippen molar-refractivity contribution in [2.45, 2.75) is 0 Å². The maximum absolute atomic E-state index is 14.0. The molecule has 0 bridgehead atoms. The number of hydrogen-bond donors (Lipinski definition) is 0. The second-order valence-corrected chi connectivity index (χ2v) is 6.92. The fourth-order valence-corrected chi connectivity index (χ4v) is 3.21. The number of halogens is 1. The predicted octanol–water partition coefficient (Wildman–Crippen LogP) is 6.55. The quantitative estimate of drug-likeness (QED) is 0.180. The molecule has 5 rings (SSSR count). The monoisotopic (exact) mass is 427 g/mol. The van der Waals surface area contributed by atoms with Crippen molar-refractivity contribution in [3.8, 4) is 22.8 Å². The Morgan fingerprint density at radius 3 is 2.56 bits per heavy atom. The highest BCUT2D eigenvalue weighted by atomic mass is 19.1.